The number of anilines is 1. The summed E-state index contributed by atoms with van der Waals surface area (Å²) in [6.45, 7) is 1.49. The predicted molar refractivity (Wildman–Crippen MR) is 65.1 cm³/mol. The molecule has 0 amide bonds. The highest BCUT2D eigenvalue weighted by Gasteiger charge is 2.20. The Morgan fingerprint density at radius 1 is 1.50 bits per heavy atom. The SMILES string of the molecule is COc1cc(N(C)C(C)C(=O)O)cc([N+](=O)[O-])c1. The Kier molecular flexibility index (Phi) is 4.09. The number of hydrogen-bond acceptors (Lipinski definition) is 5. The van der Waals surface area contributed by atoms with Gasteiger partial charge in [0.15, 0.2) is 0 Å². The van der Waals surface area contributed by atoms with Gasteiger partial charge in [-0.05, 0) is 6.92 Å². The summed E-state index contributed by atoms with van der Waals surface area (Å²) >= 11 is 0. The van der Waals surface area contributed by atoms with Gasteiger partial charge in [-0.2, -0.15) is 0 Å². The Morgan fingerprint density at radius 3 is 2.56 bits per heavy atom. The smallest absolute Gasteiger partial charge is 0.326 e. The fourth-order valence-electron chi connectivity index (χ4n) is 1.38. The molecule has 98 valence electrons. The van der Waals surface area contributed by atoms with E-state index in [4.69, 9.17) is 9.84 Å². The van der Waals surface area contributed by atoms with Crippen LogP contribution in [0.3, 0.4) is 0 Å². The lowest BCUT2D eigenvalue weighted by molar-refractivity contribution is -0.384. The van der Waals surface area contributed by atoms with Crippen LogP contribution in [0.25, 0.3) is 0 Å². The Bertz CT molecular complexity index is 475. The predicted octanol–water partition coefficient (Wildman–Crippen LogP) is 1.51. The zero-order chi connectivity index (χ0) is 13.9. The number of benzene rings is 1. The maximum Gasteiger partial charge on any atom is 0.326 e. The molecule has 7 nitrogen and oxygen atoms in total. The summed E-state index contributed by atoms with van der Waals surface area (Å²) in [4.78, 5) is 22.5. The number of hydrogen-bond donors (Lipinski definition) is 1. The lowest BCUT2D eigenvalue weighted by Crippen LogP contribution is -2.35. The molecule has 0 heterocycles. The maximum atomic E-state index is 10.9. The topological polar surface area (TPSA) is 92.9 Å². The fourth-order valence-corrected chi connectivity index (χ4v) is 1.38. The summed E-state index contributed by atoms with van der Waals surface area (Å²) in [6, 6.07) is 3.34. The third-order valence-electron chi connectivity index (χ3n) is 2.67. The van der Waals surface area contributed by atoms with Crippen molar-refractivity contribution in [2.24, 2.45) is 0 Å². The summed E-state index contributed by atoms with van der Waals surface area (Å²) in [5.74, 6) is -0.702. The van der Waals surface area contributed by atoms with Crippen LogP contribution in [0.5, 0.6) is 5.75 Å². The highest BCUT2D eigenvalue weighted by atomic mass is 16.6. The number of aliphatic carboxylic acids is 1. The molecule has 0 aromatic heterocycles. The zero-order valence-electron chi connectivity index (χ0n) is 10.3. The minimum atomic E-state index is -1.01. The molecule has 0 spiro atoms. The van der Waals surface area contributed by atoms with Crippen molar-refractivity contribution >= 4 is 17.3 Å². The molecular formula is C11H14N2O5. The summed E-state index contributed by atoms with van der Waals surface area (Å²) in [5.41, 5.74) is 0.268. The minimum absolute atomic E-state index is 0.145. The van der Waals surface area contributed by atoms with Crippen molar-refractivity contribution in [3.8, 4) is 5.75 Å². The van der Waals surface area contributed by atoms with E-state index in [1.807, 2.05) is 0 Å². The fraction of sp³-hybridized carbons (Fsp3) is 0.364. The molecule has 18 heavy (non-hydrogen) atoms. The third kappa shape index (κ3) is 2.88. The standard InChI is InChI=1S/C11H14N2O5/c1-7(11(14)15)12(2)8-4-9(13(16)17)6-10(5-8)18-3/h4-7H,1-3H3,(H,14,15). The van der Waals surface area contributed by atoms with E-state index in [0.29, 0.717) is 11.4 Å². The van der Waals surface area contributed by atoms with E-state index < -0.39 is 16.9 Å². The quantitative estimate of drug-likeness (QED) is 0.632. The van der Waals surface area contributed by atoms with E-state index in [-0.39, 0.29) is 5.69 Å². The molecule has 1 rings (SSSR count). The van der Waals surface area contributed by atoms with Crippen LogP contribution in [0, 0.1) is 10.1 Å². The van der Waals surface area contributed by atoms with E-state index in [2.05, 4.69) is 0 Å². The summed E-state index contributed by atoms with van der Waals surface area (Å²) in [6.07, 6.45) is 0. The van der Waals surface area contributed by atoms with Crippen molar-refractivity contribution < 1.29 is 19.6 Å². The monoisotopic (exact) mass is 254 g/mol. The number of carboxylic acids is 1. The number of nitrogens with zero attached hydrogens (tertiary/aromatic N) is 2. The van der Waals surface area contributed by atoms with Gasteiger partial charge in [-0.25, -0.2) is 4.79 Å². The van der Waals surface area contributed by atoms with Crippen LogP contribution in [0.15, 0.2) is 18.2 Å². The van der Waals surface area contributed by atoms with Crippen LogP contribution in [-0.4, -0.2) is 36.2 Å². The number of rotatable bonds is 5. The van der Waals surface area contributed by atoms with Crippen molar-refractivity contribution in [2.45, 2.75) is 13.0 Å². The first kappa shape index (κ1) is 13.8. The van der Waals surface area contributed by atoms with Crippen molar-refractivity contribution in [3.63, 3.8) is 0 Å². The normalized spacial score (nSPS) is 11.7. The molecule has 0 radical (unpaired) electrons. The third-order valence-corrected chi connectivity index (χ3v) is 2.67. The molecule has 0 saturated carbocycles. The second kappa shape index (κ2) is 5.35. The number of carboxylic acid groups (broad SMARTS) is 1. The van der Waals surface area contributed by atoms with Gasteiger partial charge in [0, 0.05) is 24.9 Å². The molecule has 0 aliphatic rings. The van der Waals surface area contributed by atoms with Crippen LogP contribution in [0.2, 0.25) is 0 Å². The van der Waals surface area contributed by atoms with Crippen molar-refractivity contribution in [1.82, 2.24) is 0 Å². The highest BCUT2D eigenvalue weighted by Crippen LogP contribution is 2.28. The maximum absolute atomic E-state index is 10.9. The van der Waals surface area contributed by atoms with E-state index in [9.17, 15) is 14.9 Å². The van der Waals surface area contributed by atoms with Gasteiger partial charge < -0.3 is 14.7 Å². The largest absolute Gasteiger partial charge is 0.496 e. The second-order valence-electron chi connectivity index (χ2n) is 3.77. The molecule has 0 aliphatic carbocycles. The average Bonchev–Trinajstić information content (AvgIpc) is 2.35. The Morgan fingerprint density at radius 2 is 2.11 bits per heavy atom. The van der Waals surface area contributed by atoms with Gasteiger partial charge in [0.25, 0.3) is 5.69 Å². The first-order valence-corrected chi connectivity index (χ1v) is 5.16. The summed E-state index contributed by atoms with van der Waals surface area (Å²) in [7, 11) is 2.95. The van der Waals surface area contributed by atoms with Crippen LogP contribution in [-0.2, 0) is 4.79 Å². The Balaban J connectivity index is 3.19. The molecule has 0 aliphatic heterocycles. The minimum Gasteiger partial charge on any atom is -0.496 e. The number of ether oxygens (including phenoxy) is 1. The molecule has 7 heteroatoms. The Hall–Kier alpha value is -2.31. The molecular weight excluding hydrogens is 240 g/mol. The highest BCUT2D eigenvalue weighted by molar-refractivity contribution is 5.78. The van der Waals surface area contributed by atoms with Crippen LogP contribution in [0.4, 0.5) is 11.4 Å². The molecule has 0 saturated heterocycles. The number of non-ortho nitro benzene ring substituents is 1. The molecule has 1 N–H and O–H groups in total. The van der Waals surface area contributed by atoms with E-state index in [1.54, 1.807) is 13.1 Å². The molecule has 1 unspecified atom stereocenters. The number of nitro benzene ring substituents is 1. The van der Waals surface area contributed by atoms with Crippen LogP contribution >= 0.6 is 0 Å². The van der Waals surface area contributed by atoms with Crippen LogP contribution < -0.4 is 9.64 Å². The van der Waals surface area contributed by atoms with Gasteiger partial charge in [0.2, 0.25) is 0 Å². The van der Waals surface area contributed by atoms with Gasteiger partial charge in [-0.1, -0.05) is 0 Å². The number of methoxy groups -OCH3 is 1. The van der Waals surface area contributed by atoms with E-state index in [1.165, 1.54) is 31.1 Å². The number of likely N-dealkylation sites (N-methyl/N-ethyl adjacent to an activating group) is 1. The summed E-state index contributed by atoms with van der Waals surface area (Å²) in [5, 5.41) is 19.7. The van der Waals surface area contributed by atoms with Crippen molar-refractivity contribution in [1.29, 1.82) is 0 Å². The molecule has 1 aromatic carbocycles. The average molecular weight is 254 g/mol. The summed E-state index contributed by atoms with van der Waals surface area (Å²) < 4.78 is 4.96. The lowest BCUT2D eigenvalue weighted by atomic mass is 10.2. The van der Waals surface area contributed by atoms with Crippen molar-refractivity contribution in [2.75, 3.05) is 19.1 Å². The molecule has 0 bridgehead atoms. The van der Waals surface area contributed by atoms with Gasteiger partial charge in [0.05, 0.1) is 18.1 Å². The lowest BCUT2D eigenvalue weighted by Gasteiger charge is -2.23. The van der Waals surface area contributed by atoms with Gasteiger partial charge in [0.1, 0.15) is 11.8 Å². The number of nitro groups is 1. The molecule has 0 fully saturated rings. The molecule has 1 atom stereocenters. The number of carbonyl (C=O) groups is 1. The first-order valence-electron chi connectivity index (χ1n) is 5.16. The van der Waals surface area contributed by atoms with Gasteiger partial charge in [-0.15, -0.1) is 0 Å². The van der Waals surface area contributed by atoms with E-state index in [0.717, 1.165) is 0 Å². The first-order chi connectivity index (χ1) is 8.36. The van der Waals surface area contributed by atoms with Gasteiger partial charge >= 0.3 is 5.97 Å². The van der Waals surface area contributed by atoms with Gasteiger partial charge in [-0.3, -0.25) is 10.1 Å². The van der Waals surface area contributed by atoms with Crippen molar-refractivity contribution in [3.05, 3.63) is 28.3 Å². The van der Waals surface area contributed by atoms with E-state index >= 15 is 0 Å². The second-order valence-corrected chi connectivity index (χ2v) is 3.77. The van der Waals surface area contributed by atoms with Crippen LogP contribution in [0.1, 0.15) is 6.92 Å². The molecule has 1 aromatic rings. The Labute approximate surface area is 104 Å². The zero-order valence-corrected chi connectivity index (χ0v) is 10.3.